The summed E-state index contributed by atoms with van der Waals surface area (Å²) in [6, 6.07) is 4.72. The van der Waals surface area contributed by atoms with E-state index in [2.05, 4.69) is 23.6 Å². The zero-order chi connectivity index (χ0) is 27.3. The van der Waals surface area contributed by atoms with Crippen molar-refractivity contribution < 1.29 is 18.3 Å². The largest absolute Gasteiger partial charge is 0.387 e. The zero-order valence-corrected chi connectivity index (χ0v) is 24.3. The second-order valence-electron chi connectivity index (χ2n) is 13.4. The first-order valence-electron chi connectivity index (χ1n) is 14.6. The molecule has 0 bridgehead atoms. The molecule has 7 nitrogen and oxygen atoms in total. The average Bonchev–Trinajstić information content (AvgIpc) is 3.25. The molecule has 4 fully saturated rings. The van der Waals surface area contributed by atoms with Gasteiger partial charge in [0.2, 0.25) is 0 Å². The molecule has 0 radical (unpaired) electrons. The zero-order valence-electron chi connectivity index (χ0n) is 23.4. The molecule has 9 atom stereocenters. The molecule has 0 spiro atoms. The molecule has 0 aliphatic heterocycles. The molecule has 8 heteroatoms. The van der Waals surface area contributed by atoms with Crippen LogP contribution in [-0.4, -0.2) is 43.4 Å². The van der Waals surface area contributed by atoms with E-state index in [0.717, 1.165) is 32.1 Å². The molecular weight excluding hydrogens is 498 g/mol. The normalized spacial score (nSPS) is 41.4. The van der Waals surface area contributed by atoms with Crippen molar-refractivity contribution in [3.05, 3.63) is 23.9 Å². The molecule has 0 saturated heterocycles. The van der Waals surface area contributed by atoms with Crippen molar-refractivity contribution in [2.75, 3.05) is 13.2 Å². The summed E-state index contributed by atoms with van der Waals surface area (Å²) in [7, 11) is -3.76. The number of nitriles is 1. The third-order valence-corrected chi connectivity index (χ3v) is 13.0. The molecule has 0 amide bonds. The lowest BCUT2D eigenvalue weighted by molar-refractivity contribution is -0.165. The lowest BCUT2D eigenvalue weighted by Crippen LogP contribution is -2.57. The van der Waals surface area contributed by atoms with Gasteiger partial charge in [-0.3, -0.25) is 0 Å². The van der Waals surface area contributed by atoms with Gasteiger partial charge in [-0.2, -0.15) is 5.26 Å². The van der Waals surface area contributed by atoms with Crippen molar-refractivity contribution in [1.82, 2.24) is 9.71 Å². The molecule has 0 aromatic carbocycles. The minimum atomic E-state index is -3.76. The Morgan fingerprint density at radius 2 is 1.89 bits per heavy atom. The highest BCUT2D eigenvalue weighted by Crippen LogP contribution is 2.68. The number of ether oxygens (including phenoxy) is 1. The summed E-state index contributed by atoms with van der Waals surface area (Å²) in [5.74, 6) is 2.82. The fourth-order valence-corrected chi connectivity index (χ4v) is 10.8. The first kappa shape index (κ1) is 28.0. The maximum Gasteiger partial charge on any atom is 0.258 e. The van der Waals surface area contributed by atoms with Crippen LogP contribution in [-0.2, 0) is 14.8 Å². The summed E-state index contributed by atoms with van der Waals surface area (Å²) in [4.78, 5) is 4.03. The van der Waals surface area contributed by atoms with E-state index < -0.39 is 15.6 Å². The average molecular weight is 544 g/mol. The van der Waals surface area contributed by atoms with Gasteiger partial charge in [-0.15, -0.1) is 0 Å². The Morgan fingerprint density at radius 3 is 2.58 bits per heavy atom. The van der Waals surface area contributed by atoms with Gasteiger partial charge in [-0.05, 0) is 124 Å². The topological polar surface area (TPSA) is 112 Å². The Hall–Kier alpha value is -1.53. The fourth-order valence-electron chi connectivity index (χ4n) is 9.60. The first-order chi connectivity index (χ1) is 18.0. The van der Waals surface area contributed by atoms with Gasteiger partial charge in [0.15, 0.2) is 5.03 Å². The lowest BCUT2D eigenvalue weighted by Gasteiger charge is -2.62. The molecule has 4 aliphatic carbocycles. The predicted octanol–water partition coefficient (Wildman–Crippen LogP) is 5.05. The van der Waals surface area contributed by atoms with Gasteiger partial charge < -0.3 is 9.84 Å². The fraction of sp³-hybridized carbons (Fsp3) is 0.800. The maximum absolute atomic E-state index is 13.1. The molecule has 4 saturated carbocycles. The van der Waals surface area contributed by atoms with Crippen molar-refractivity contribution >= 4 is 10.0 Å². The minimum absolute atomic E-state index is 0.0281. The van der Waals surface area contributed by atoms with Gasteiger partial charge in [0.25, 0.3) is 10.0 Å². The van der Waals surface area contributed by atoms with Gasteiger partial charge in [0.05, 0.1) is 17.8 Å². The number of pyridine rings is 1. The highest BCUT2D eigenvalue weighted by molar-refractivity contribution is 7.89. The Labute approximate surface area is 228 Å². The van der Waals surface area contributed by atoms with Crippen LogP contribution in [0.4, 0.5) is 0 Å². The minimum Gasteiger partial charge on any atom is -0.387 e. The van der Waals surface area contributed by atoms with Crippen LogP contribution >= 0.6 is 0 Å². The highest BCUT2D eigenvalue weighted by atomic mass is 32.2. The van der Waals surface area contributed by atoms with Crippen LogP contribution in [0.3, 0.4) is 0 Å². The monoisotopic (exact) mass is 543 g/mol. The van der Waals surface area contributed by atoms with Crippen molar-refractivity contribution in [1.29, 1.82) is 5.26 Å². The predicted molar refractivity (Wildman–Crippen MR) is 145 cm³/mol. The van der Waals surface area contributed by atoms with E-state index in [1.807, 2.05) is 19.9 Å². The van der Waals surface area contributed by atoms with Gasteiger partial charge in [-0.1, -0.05) is 13.8 Å². The number of aliphatic hydroxyl groups is 1. The summed E-state index contributed by atoms with van der Waals surface area (Å²) in [5, 5.41) is 20.2. The van der Waals surface area contributed by atoms with Crippen LogP contribution < -0.4 is 4.72 Å². The van der Waals surface area contributed by atoms with Crippen LogP contribution in [0.15, 0.2) is 23.4 Å². The van der Waals surface area contributed by atoms with Gasteiger partial charge >= 0.3 is 0 Å². The summed E-state index contributed by atoms with van der Waals surface area (Å²) in [6.45, 7) is 10.0. The van der Waals surface area contributed by atoms with Gasteiger partial charge in [0, 0.05) is 18.8 Å². The summed E-state index contributed by atoms with van der Waals surface area (Å²) in [5.41, 5.74) is 0.0648. The van der Waals surface area contributed by atoms with Crippen LogP contribution in [0.1, 0.15) is 91.0 Å². The Morgan fingerprint density at radius 1 is 1.13 bits per heavy atom. The number of hydrogen-bond acceptors (Lipinski definition) is 6. The number of aromatic nitrogens is 1. The van der Waals surface area contributed by atoms with Crippen LogP contribution in [0, 0.1) is 51.8 Å². The molecule has 0 unspecified atom stereocenters. The molecule has 2 N–H and O–H groups in total. The molecule has 1 heterocycles. The van der Waals surface area contributed by atoms with E-state index in [-0.39, 0.29) is 27.8 Å². The van der Waals surface area contributed by atoms with Gasteiger partial charge in [-0.25, -0.2) is 18.1 Å². The second-order valence-corrected chi connectivity index (χ2v) is 15.0. The molecule has 4 aliphatic rings. The third kappa shape index (κ3) is 4.72. The molecule has 210 valence electrons. The molecule has 38 heavy (non-hydrogen) atoms. The smallest absolute Gasteiger partial charge is 0.258 e. The van der Waals surface area contributed by atoms with Crippen molar-refractivity contribution in [2.24, 2.45) is 40.4 Å². The summed E-state index contributed by atoms with van der Waals surface area (Å²) >= 11 is 0. The second kappa shape index (κ2) is 10.1. The van der Waals surface area contributed by atoms with E-state index in [0.29, 0.717) is 42.4 Å². The number of fused-ring (bicyclic) bond motifs is 5. The summed E-state index contributed by atoms with van der Waals surface area (Å²) in [6.07, 6.45) is 11.0. The van der Waals surface area contributed by atoms with E-state index in [1.54, 1.807) is 0 Å². The molecule has 5 rings (SSSR count). The standard InChI is InChI=1S/C30H45N3O4S/c1-5-37-19-30(34)15-14-28(3)22(16-30)7-8-23-25-10-9-24(29(25,4)13-12-26(23)28)20(2)33-38(35,36)27-11-6-21(17-31)18-32-27/h6,11,18,20,22-26,33-34H,5,7-10,12-16,19H2,1-4H3/t20-,22-,23+,24-,25+,26+,28+,29-,30-/m1/s1. The first-order valence-corrected chi connectivity index (χ1v) is 16.1. The quantitative estimate of drug-likeness (QED) is 0.498. The highest BCUT2D eigenvalue weighted by Gasteiger charge is 2.61. The number of nitrogens with zero attached hydrogens (tertiary/aromatic N) is 2. The number of nitrogens with one attached hydrogen (secondary N) is 1. The SMILES string of the molecule is CCOC[C@@]1(O)CC[C@@]2(C)[C@H](CC[C@@H]3[C@@H]2CC[C@]2(C)[C@@H]([C@@H](C)NS(=O)(=O)c4ccc(C#N)cn4)CC[C@@H]32)C1. The summed E-state index contributed by atoms with van der Waals surface area (Å²) < 4.78 is 34.9. The van der Waals surface area contributed by atoms with E-state index >= 15 is 0 Å². The maximum atomic E-state index is 13.1. The van der Waals surface area contributed by atoms with Crippen molar-refractivity contribution in [3.8, 4) is 6.07 Å². The van der Waals surface area contributed by atoms with Gasteiger partial charge in [0.1, 0.15) is 6.07 Å². The Balaban J connectivity index is 1.29. The molecule has 1 aromatic rings. The molecular formula is C30H45N3O4S. The van der Waals surface area contributed by atoms with E-state index in [4.69, 9.17) is 10.00 Å². The van der Waals surface area contributed by atoms with Crippen LogP contribution in [0.5, 0.6) is 0 Å². The number of hydrogen-bond donors (Lipinski definition) is 2. The Kier molecular flexibility index (Phi) is 7.48. The van der Waals surface area contributed by atoms with Crippen molar-refractivity contribution in [2.45, 2.75) is 102 Å². The molecule has 1 aromatic heterocycles. The lowest BCUT2D eigenvalue weighted by atomic mass is 9.44. The number of rotatable bonds is 7. The Bertz CT molecular complexity index is 1170. The van der Waals surface area contributed by atoms with Crippen LogP contribution in [0.25, 0.3) is 0 Å². The third-order valence-electron chi connectivity index (χ3n) is 11.6. The van der Waals surface area contributed by atoms with Crippen molar-refractivity contribution in [3.63, 3.8) is 0 Å². The van der Waals surface area contributed by atoms with E-state index in [1.165, 1.54) is 44.0 Å². The van der Waals surface area contributed by atoms with E-state index in [9.17, 15) is 13.5 Å². The van der Waals surface area contributed by atoms with Crippen LogP contribution in [0.2, 0.25) is 0 Å². The number of sulfonamides is 1.